The molecule has 1 amide bonds. The number of ether oxygens (including phenoxy) is 1. The number of fused-ring (bicyclic) bond motifs is 1. The number of halogens is 2. The molecule has 0 radical (unpaired) electrons. The summed E-state index contributed by atoms with van der Waals surface area (Å²) >= 11 is 13.1. The number of hydrogen-bond donors (Lipinski definition) is 3. The molecule has 3 N–H and O–H groups in total. The zero-order valence-electron chi connectivity index (χ0n) is 20.4. The normalized spacial score (nSPS) is 14.7. The van der Waals surface area contributed by atoms with Crippen molar-refractivity contribution in [1.29, 1.82) is 0 Å². The third kappa shape index (κ3) is 4.25. The first-order valence-corrected chi connectivity index (χ1v) is 12.1. The van der Waals surface area contributed by atoms with Crippen LogP contribution >= 0.6 is 23.2 Å². The third-order valence-electron chi connectivity index (χ3n) is 6.45. The molecule has 0 spiro atoms. The molecule has 1 aliphatic heterocycles. The van der Waals surface area contributed by atoms with Crippen LogP contribution in [0.5, 0.6) is 23.0 Å². The van der Waals surface area contributed by atoms with Crippen molar-refractivity contribution in [3.63, 3.8) is 0 Å². The number of carbonyl (C=O) groups excluding carboxylic acids is 1. The van der Waals surface area contributed by atoms with E-state index < -0.39 is 11.9 Å². The molecule has 3 aromatic carbocycles. The average molecular weight is 528 g/mol. The highest BCUT2D eigenvalue weighted by molar-refractivity contribution is 6.38. The molecule has 3 aromatic rings. The first kappa shape index (κ1) is 25.7. The van der Waals surface area contributed by atoms with E-state index in [1.807, 2.05) is 50.3 Å². The highest BCUT2D eigenvalue weighted by Crippen LogP contribution is 2.55. The largest absolute Gasteiger partial charge is 0.508 e. The number of amides is 1. The molecule has 188 valence electrons. The number of nitrogens with zero attached hydrogens (tertiary/aromatic N) is 1. The molecule has 0 bridgehead atoms. The molecule has 0 aromatic heterocycles. The number of aromatic hydroxyl groups is 3. The van der Waals surface area contributed by atoms with Gasteiger partial charge in [0.2, 0.25) is 0 Å². The van der Waals surface area contributed by atoms with E-state index in [4.69, 9.17) is 27.9 Å². The van der Waals surface area contributed by atoms with Gasteiger partial charge in [-0.05, 0) is 38.3 Å². The number of carbonyl (C=O) groups is 1. The van der Waals surface area contributed by atoms with Gasteiger partial charge in [0.15, 0.2) is 0 Å². The Kier molecular flexibility index (Phi) is 7.12. The van der Waals surface area contributed by atoms with Crippen LogP contribution in [0.4, 0.5) is 0 Å². The fraction of sp³-hybridized carbons (Fsp3) is 0.250. The van der Waals surface area contributed by atoms with Gasteiger partial charge in [0.1, 0.15) is 23.0 Å². The zero-order valence-corrected chi connectivity index (χ0v) is 21.9. The third-order valence-corrected chi connectivity index (χ3v) is 7.36. The van der Waals surface area contributed by atoms with Crippen molar-refractivity contribution in [3.05, 3.63) is 91.5 Å². The Morgan fingerprint density at radius 1 is 1.06 bits per heavy atom. The lowest BCUT2D eigenvalue weighted by molar-refractivity contribution is 0.0731. The number of phenols is 3. The van der Waals surface area contributed by atoms with Gasteiger partial charge in [-0.25, -0.2) is 0 Å². The van der Waals surface area contributed by atoms with E-state index in [0.717, 1.165) is 11.1 Å². The number of benzene rings is 3. The Morgan fingerprint density at radius 2 is 1.72 bits per heavy atom. The molecule has 1 unspecified atom stereocenters. The monoisotopic (exact) mass is 527 g/mol. The number of hydrogen-bond acceptors (Lipinski definition) is 5. The van der Waals surface area contributed by atoms with E-state index >= 15 is 0 Å². The first-order chi connectivity index (χ1) is 17.1. The first-order valence-electron chi connectivity index (χ1n) is 11.4. The Morgan fingerprint density at radius 3 is 2.33 bits per heavy atom. The van der Waals surface area contributed by atoms with Gasteiger partial charge < -0.3 is 25.0 Å². The van der Waals surface area contributed by atoms with E-state index in [2.05, 4.69) is 0 Å². The summed E-state index contributed by atoms with van der Waals surface area (Å²) in [6.07, 6.45) is 2.22. The van der Waals surface area contributed by atoms with E-state index in [-0.39, 0.29) is 50.7 Å². The van der Waals surface area contributed by atoms with Gasteiger partial charge >= 0.3 is 0 Å². The van der Waals surface area contributed by atoms with Gasteiger partial charge in [0, 0.05) is 23.7 Å². The van der Waals surface area contributed by atoms with Crippen molar-refractivity contribution in [1.82, 2.24) is 4.90 Å². The maximum Gasteiger partial charge on any atom is 0.259 e. The van der Waals surface area contributed by atoms with Gasteiger partial charge in [-0.1, -0.05) is 65.2 Å². The van der Waals surface area contributed by atoms with Crippen molar-refractivity contribution in [2.75, 3.05) is 7.11 Å². The van der Waals surface area contributed by atoms with Crippen LogP contribution in [0, 0.1) is 6.92 Å². The van der Waals surface area contributed by atoms with Gasteiger partial charge in [0.05, 0.1) is 34.3 Å². The maximum absolute atomic E-state index is 13.8. The number of rotatable bonds is 6. The van der Waals surface area contributed by atoms with Gasteiger partial charge in [-0.3, -0.25) is 4.79 Å². The summed E-state index contributed by atoms with van der Waals surface area (Å²) in [7, 11) is 1.42. The fourth-order valence-electron chi connectivity index (χ4n) is 4.66. The lowest BCUT2D eigenvalue weighted by atomic mass is 9.89. The molecule has 0 saturated heterocycles. The van der Waals surface area contributed by atoms with Crippen LogP contribution in [0.15, 0.2) is 48.0 Å². The number of methoxy groups -OCH3 is 1. The van der Waals surface area contributed by atoms with Crippen molar-refractivity contribution >= 4 is 29.1 Å². The molecule has 8 heteroatoms. The van der Waals surface area contributed by atoms with Crippen LogP contribution in [-0.2, 0) is 13.0 Å². The quantitative estimate of drug-likeness (QED) is 0.311. The standard InChI is InChI=1S/C28H27Cl2NO5/c1-14(2)10-11-17-18(32)12-19(33)21-20(17)25(31(28(21)35)13-16-8-6-5-7-9-16)22-26(34)23(29)15(3)24(30)27(22)36-4/h5-10,12,25,32-34H,11,13H2,1-4H3. The van der Waals surface area contributed by atoms with E-state index in [1.54, 1.807) is 6.92 Å². The molecular formula is C28H27Cl2NO5. The van der Waals surface area contributed by atoms with Crippen LogP contribution in [-0.4, -0.2) is 33.2 Å². The van der Waals surface area contributed by atoms with Crippen molar-refractivity contribution in [2.45, 2.75) is 39.8 Å². The average Bonchev–Trinajstić information content (AvgIpc) is 3.12. The van der Waals surface area contributed by atoms with Crippen LogP contribution in [0.25, 0.3) is 0 Å². The Hall–Kier alpha value is -3.35. The molecular weight excluding hydrogens is 501 g/mol. The fourth-order valence-corrected chi connectivity index (χ4v) is 5.18. The second-order valence-corrected chi connectivity index (χ2v) is 9.79. The molecule has 1 atom stereocenters. The van der Waals surface area contributed by atoms with Gasteiger partial charge in [0.25, 0.3) is 5.91 Å². The molecule has 0 saturated carbocycles. The molecule has 1 aliphatic rings. The van der Waals surface area contributed by atoms with E-state index in [0.29, 0.717) is 23.1 Å². The minimum absolute atomic E-state index is 0.0339. The molecule has 4 rings (SSSR count). The Bertz CT molecular complexity index is 1380. The summed E-state index contributed by atoms with van der Waals surface area (Å²) in [5.74, 6) is -1.09. The summed E-state index contributed by atoms with van der Waals surface area (Å²) in [6.45, 7) is 5.67. The summed E-state index contributed by atoms with van der Waals surface area (Å²) in [4.78, 5) is 15.4. The van der Waals surface area contributed by atoms with E-state index in [9.17, 15) is 20.1 Å². The predicted molar refractivity (Wildman–Crippen MR) is 140 cm³/mol. The van der Waals surface area contributed by atoms with E-state index in [1.165, 1.54) is 18.1 Å². The van der Waals surface area contributed by atoms with Crippen LogP contribution < -0.4 is 4.74 Å². The van der Waals surface area contributed by atoms with Crippen LogP contribution in [0.3, 0.4) is 0 Å². The lowest BCUT2D eigenvalue weighted by Crippen LogP contribution is -2.29. The Balaban J connectivity index is 2.08. The van der Waals surface area contributed by atoms with Gasteiger partial charge in [-0.15, -0.1) is 0 Å². The maximum atomic E-state index is 13.8. The smallest absolute Gasteiger partial charge is 0.259 e. The molecule has 1 heterocycles. The van der Waals surface area contributed by atoms with Crippen LogP contribution in [0.1, 0.15) is 58.1 Å². The van der Waals surface area contributed by atoms with Crippen molar-refractivity contribution in [3.8, 4) is 23.0 Å². The summed E-state index contributed by atoms with van der Waals surface area (Å²) < 4.78 is 5.63. The summed E-state index contributed by atoms with van der Waals surface area (Å²) in [5.41, 5.74) is 3.34. The second kappa shape index (κ2) is 9.96. The zero-order chi connectivity index (χ0) is 26.3. The molecule has 0 aliphatic carbocycles. The number of allylic oxidation sites excluding steroid dienone is 2. The van der Waals surface area contributed by atoms with Gasteiger partial charge in [-0.2, -0.15) is 0 Å². The molecule has 6 nitrogen and oxygen atoms in total. The van der Waals surface area contributed by atoms with Crippen molar-refractivity contribution < 1.29 is 24.9 Å². The topological polar surface area (TPSA) is 90.2 Å². The predicted octanol–water partition coefficient (Wildman–Crippen LogP) is 6.68. The summed E-state index contributed by atoms with van der Waals surface area (Å²) in [6, 6.07) is 9.58. The van der Waals surface area contributed by atoms with Crippen molar-refractivity contribution in [2.24, 2.45) is 0 Å². The SMILES string of the molecule is COc1c(Cl)c(C)c(Cl)c(O)c1C1c2c(CC=C(C)C)c(O)cc(O)c2C(=O)N1Cc1ccccc1. The lowest BCUT2D eigenvalue weighted by Gasteiger charge is -2.30. The minimum atomic E-state index is -0.947. The highest BCUT2D eigenvalue weighted by Gasteiger charge is 2.45. The van der Waals surface area contributed by atoms with Crippen LogP contribution in [0.2, 0.25) is 10.0 Å². The minimum Gasteiger partial charge on any atom is -0.508 e. The molecule has 36 heavy (non-hydrogen) atoms. The number of phenolic OH excluding ortho intramolecular Hbond substituents is 3. The Labute approximate surface area is 220 Å². The summed E-state index contributed by atoms with van der Waals surface area (Å²) in [5, 5.41) is 33.2. The second-order valence-electron chi connectivity index (χ2n) is 9.04. The highest BCUT2D eigenvalue weighted by atomic mass is 35.5. The molecule has 0 fully saturated rings.